The molecule has 1 N–H and O–H groups in total. The lowest BCUT2D eigenvalue weighted by atomic mass is 10.0. The summed E-state index contributed by atoms with van der Waals surface area (Å²) >= 11 is 0. The van der Waals surface area contributed by atoms with Gasteiger partial charge >= 0.3 is 0 Å². The molecule has 3 rings (SSSR count). The second-order valence-corrected chi connectivity index (χ2v) is 6.98. The molecule has 0 atom stereocenters. The zero-order valence-electron chi connectivity index (χ0n) is 15.4. The van der Waals surface area contributed by atoms with Gasteiger partial charge in [-0.3, -0.25) is 4.79 Å². The molecular formula is C22H23NO3. The molecular weight excluding hydrogens is 326 g/mol. The minimum Gasteiger partial charge on any atom is -0.483 e. The molecule has 1 heterocycles. The van der Waals surface area contributed by atoms with E-state index in [0.717, 1.165) is 23.3 Å². The van der Waals surface area contributed by atoms with Gasteiger partial charge in [0, 0.05) is 17.5 Å². The molecule has 0 radical (unpaired) electrons. The summed E-state index contributed by atoms with van der Waals surface area (Å²) in [6, 6.07) is 13.4. The molecule has 0 unspecified atom stereocenters. The van der Waals surface area contributed by atoms with Gasteiger partial charge in [-0.2, -0.15) is 0 Å². The predicted molar refractivity (Wildman–Crippen MR) is 102 cm³/mol. The summed E-state index contributed by atoms with van der Waals surface area (Å²) in [5.74, 6) is 7.23. The number of carbonyl (C=O) groups is 1. The van der Waals surface area contributed by atoms with Crippen LogP contribution in [0, 0.1) is 18.8 Å². The van der Waals surface area contributed by atoms with E-state index in [-0.39, 0.29) is 24.7 Å². The lowest BCUT2D eigenvalue weighted by molar-refractivity contribution is 0.0958. The van der Waals surface area contributed by atoms with Gasteiger partial charge in [0.25, 0.3) is 5.91 Å². The summed E-state index contributed by atoms with van der Waals surface area (Å²) in [6.45, 7) is 6.62. The first-order chi connectivity index (χ1) is 12.4. The van der Waals surface area contributed by atoms with Crippen molar-refractivity contribution in [3.8, 4) is 23.3 Å². The zero-order valence-corrected chi connectivity index (χ0v) is 15.4. The topological polar surface area (TPSA) is 47.6 Å². The largest absolute Gasteiger partial charge is 0.483 e. The highest BCUT2D eigenvalue weighted by atomic mass is 16.5. The smallest absolute Gasteiger partial charge is 0.252 e. The molecule has 2 aromatic carbocycles. The van der Waals surface area contributed by atoms with Gasteiger partial charge in [-0.1, -0.05) is 41.7 Å². The molecule has 0 fully saturated rings. The third kappa shape index (κ3) is 4.37. The third-order valence-corrected chi connectivity index (χ3v) is 4.10. The molecule has 4 nitrogen and oxygen atoms in total. The minimum atomic E-state index is -0.201. The molecule has 0 aromatic heterocycles. The van der Waals surface area contributed by atoms with Gasteiger partial charge < -0.3 is 14.8 Å². The number of nitrogens with one attached hydrogen (secondary N) is 1. The highest BCUT2D eigenvalue weighted by Gasteiger charge is 2.32. The van der Waals surface area contributed by atoms with E-state index < -0.39 is 0 Å². The Labute approximate surface area is 154 Å². The monoisotopic (exact) mass is 349 g/mol. The van der Waals surface area contributed by atoms with Crippen molar-refractivity contribution in [3.63, 3.8) is 0 Å². The Morgan fingerprint density at radius 3 is 2.85 bits per heavy atom. The fraction of sp³-hybridized carbons (Fsp3) is 0.318. The summed E-state index contributed by atoms with van der Waals surface area (Å²) in [4.78, 5) is 12.0. The van der Waals surface area contributed by atoms with Crippen LogP contribution in [-0.4, -0.2) is 24.7 Å². The lowest BCUT2D eigenvalue weighted by Crippen LogP contribution is -2.24. The number of benzene rings is 2. The first kappa shape index (κ1) is 17.9. The van der Waals surface area contributed by atoms with Crippen molar-refractivity contribution in [2.45, 2.75) is 32.8 Å². The van der Waals surface area contributed by atoms with Gasteiger partial charge in [-0.25, -0.2) is 0 Å². The van der Waals surface area contributed by atoms with Crippen LogP contribution in [0.4, 0.5) is 0 Å². The van der Waals surface area contributed by atoms with E-state index in [4.69, 9.17) is 9.47 Å². The van der Waals surface area contributed by atoms with Crippen LogP contribution in [-0.2, 0) is 6.42 Å². The summed E-state index contributed by atoms with van der Waals surface area (Å²) in [7, 11) is 0. The molecule has 0 saturated carbocycles. The fourth-order valence-electron chi connectivity index (χ4n) is 2.94. The number of ether oxygens (including phenoxy) is 2. The maximum Gasteiger partial charge on any atom is 0.252 e. The second kappa shape index (κ2) is 7.53. The molecule has 134 valence electrons. The van der Waals surface area contributed by atoms with Crippen molar-refractivity contribution in [3.05, 3.63) is 59.2 Å². The van der Waals surface area contributed by atoms with Crippen molar-refractivity contribution < 1.29 is 14.3 Å². The molecule has 1 aliphatic rings. The lowest BCUT2D eigenvalue weighted by Gasteiger charge is -2.17. The van der Waals surface area contributed by atoms with E-state index in [2.05, 4.69) is 37.1 Å². The van der Waals surface area contributed by atoms with E-state index in [1.54, 1.807) is 6.07 Å². The first-order valence-electron chi connectivity index (χ1n) is 8.69. The number of fused-ring (bicyclic) bond motifs is 1. The van der Waals surface area contributed by atoms with E-state index >= 15 is 0 Å². The van der Waals surface area contributed by atoms with Gasteiger partial charge in [0.15, 0.2) is 11.5 Å². The van der Waals surface area contributed by atoms with E-state index in [0.29, 0.717) is 11.3 Å². The number of aryl methyl sites for hydroxylation is 1. The summed E-state index contributed by atoms with van der Waals surface area (Å²) in [5, 5.41) is 2.78. The number of carbonyl (C=O) groups excluding carboxylic acids is 1. The van der Waals surface area contributed by atoms with Gasteiger partial charge in [0.05, 0.1) is 6.54 Å². The van der Waals surface area contributed by atoms with Crippen LogP contribution in [0.1, 0.15) is 35.3 Å². The van der Waals surface area contributed by atoms with Crippen LogP contribution in [0.15, 0.2) is 42.5 Å². The first-order valence-corrected chi connectivity index (χ1v) is 8.69. The Morgan fingerprint density at radius 1 is 1.23 bits per heavy atom. The van der Waals surface area contributed by atoms with Crippen molar-refractivity contribution in [1.29, 1.82) is 0 Å². The van der Waals surface area contributed by atoms with E-state index in [1.165, 1.54) is 0 Å². The van der Waals surface area contributed by atoms with Crippen LogP contribution in [0.25, 0.3) is 0 Å². The van der Waals surface area contributed by atoms with Crippen LogP contribution in [0.2, 0.25) is 0 Å². The number of amides is 1. The molecule has 1 amide bonds. The maximum atomic E-state index is 12.0. The molecule has 2 aromatic rings. The van der Waals surface area contributed by atoms with Crippen LogP contribution in [0.5, 0.6) is 11.5 Å². The Hall–Kier alpha value is -2.93. The third-order valence-electron chi connectivity index (χ3n) is 4.10. The average Bonchev–Trinajstić information content (AvgIpc) is 2.92. The number of para-hydroxylation sites is 1. The minimum absolute atomic E-state index is 0.125. The highest BCUT2D eigenvalue weighted by molar-refractivity contribution is 5.94. The predicted octanol–water partition coefficient (Wildman–Crippen LogP) is 3.52. The molecule has 0 aliphatic carbocycles. The normalized spacial score (nSPS) is 13.8. The average molecular weight is 349 g/mol. The fourth-order valence-corrected chi connectivity index (χ4v) is 2.94. The van der Waals surface area contributed by atoms with Crippen molar-refractivity contribution >= 4 is 5.91 Å². The molecule has 1 aliphatic heterocycles. The zero-order chi connectivity index (χ0) is 18.6. The molecule has 0 saturated heterocycles. The quantitative estimate of drug-likeness (QED) is 0.859. The molecule has 0 bridgehead atoms. The SMILES string of the molecule is Cc1cccc(C(=O)NCC#CCOc2cccc3c2OC(C)(C)C3)c1. The maximum absolute atomic E-state index is 12.0. The van der Waals surface area contributed by atoms with Gasteiger partial charge in [-0.05, 0) is 39.0 Å². The van der Waals surface area contributed by atoms with Crippen LogP contribution in [0.3, 0.4) is 0 Å². The molecule has 26 heavy (non-hydrogen) atoms. The summed E-state index contributed by atoms with van der Waals surface area (Å²) < 4.78 is 11.7. The Kier molecular flexibility index (Phi) is 5.18. The number of rotatable bonds is 4. The Bertz CT molecular complexity index is 874. The second-order valence-electron chi connectivity index (χ2n) is 6.98. The van der Waals surface area contributed by atoms with E-state index in [1.807, 2.05) is 37.3 Å². The van der Waals surface area contributed by atoms with Crippen molar-refractivity contribution in [2.24, 2.45) is 0 Å². The van der Waals surface area contributed by atoms with Crippen LogP contribution < -0.4 is 14.8 Å². The Balaban J connectivity index is 1.49. The van der Waals surface area contributed by atoms with Gasteiger partial charge in [0.1, 0.15) is 12.2 Å². The highest BCUT2D eigenvalue weighted by Crippen LogP contribution is 2.41. The Morgan fingerprint density at radius 2 is 2.04 bits per heavy atom. The van der Waals surface area contributed by atoms with E-state index in [9.17, 15) is 4.79 Å². The number of hydrogen-bond donors (Lipinski definition) is 1. The summed E-state index contributed by atoms with van der Waals surface area (Å²) in [6.07, 6.45) is 0.871. The standard InChI is InChI=1S/C22H23NO3/c1-16-8-6-9-17(14-16)21(24)23-12-4-5-13-25-19-11-7-10-18-15-22(2,3)26-20(18)19/h6-11,14H,12-13,15H2,1-3H3,(H,23,24). The van der Waals surface area contributed by atoms with Crippen molar-refractivity contribution in [2.75, 3.05) is 13.2 Å². The van der Waals surface area contributed by atoms with Crippen molar-refractivity contribution in [1.82, 2.24) is 5.32 Å². The summed E-state index contributed by atoms with van der Waals surface area (Å²) in [5.41, 5.74) is 2.65. The van der Waals surface area contributed by atoms with Gasteiger partial charge in [-0.15, -0.1) is 0 Å². The van der Waals surface area contributed by atoms with Gasteiger partial charge in [0.2, 0.25) is 0 Å². The van der Waals surface area contributed by atoms with Crippen LogP contribution >= 0.6 is 0 Å². The molecule has 0 spiro atoms. The molecule has 4 heteroatoms. The number of hydrogen-bond acceptors (Lipinski definition) is 3.